The Kier molecular flexibility index (Phi) is 4.71. The molecule has 1 N–H and O–H groups in total. The Morgan fingerprint density at radius 3 is 2.75 bits per heavy atom. The van der Waals surface area contributed by atoms with Crippen molar-refractivity contribution in [3.8, 4) is 0 Å². The summed E-state index contributed by atoms with van der Waals surface area (Å²) >= 11 is 0. The summed E-state index contributed by atoms with van der Waals surface area (Å²) in [7, 11) is -2.02. The summed E-state index contributed by atoms with van der Waals surface area (Å²) in [5.41, 5.74) is 1.88. The van der Waals surface area contributed by atoms with Gasteiger partial charge in [-0.15, -0.1) is 0 Å². The van der Waals surface area contributed by atoms with Gasteiger partial charge in [0.2, 0.25) is 0 Å². The number of hydrogen-bond acceptors (Lipinski definition) is 5. The molecule has 6 nitrogen and oxygen atoms in total. The Morgan fingerprint density at radius 2 is 2.08 bits per heavy atom. The number of amides is 1. The zero-order valence-corrected chi connectivity index (χ0v) is 14.7. The highest BCUT2D eigenvalue weighted by Gasteiger charge is 2.17. The van der Waals surface area contributed by atoms with Gasteiger partial charge in [-0.2, -0.15) is 0 Å². The van der Waals surface area contributed by atoms with Crippen molar-refractivity contribution < 1.29 is 13.4 Å². The number of oxazole rings is 1. The minimum absolute atomic E-state index is 0.288. The van der Waals surface area contributed by atoms with Crippen LogP contribution < -0.4 is 5.32 Å². The number of nitrogens with zero attached hydrogens (tertiary/aromatic N) is 2. The minimum Gasteiger partial charge on any atom is -0.445 e. The number of rotatable bonds is 4. The molecule has 0 bridgehead atoms. The van der Waals surface area contributed by atoms with Crippen molar-refractivity contribution >= 4 is 21.3 Å². The van der Waals surface area contributed by atoms with Crippen LogP contribution in [0.3, 0.4) is 0 Å². The van der Waals surface area contributed by atoms with Crippen LogP contribution in [-0.2, 0) is 16.3 Å². The van der Waals surface area contributed by atoms with Crippen LogP contribution in [0.15, 0.2) is 33.0 Å². The van der Waals surface area contributed by atoms with Crippen LogP contribution in [0.5, 0.6) is 0 Å². The first-order valence-electron chi connectivity index (χ1n) is 7.98. The molecule has 0 atom stereocenters. The molecule has 1 aliphatic rings. The van der Waals surface area contributed by atoms with Crippen LogP contribution in [0, 0.1) is 13.8 Å². The zero-order valence-electron chi connectivity index (χ0n) is 13.9. The van der Waals surface area contributed by atoms with Crippen LogP contribution in [0.2, 0.25) is 0 Å². The van der Waals surface area contributed by atoms with E-state index in [-0.39, 0.29) is 11.6 Å². The molecule has 1 aromatic carbocycles. The number of benzene rings is 1. The normalized spacial score (nSPS) is 16.1. The summed E-state index contributed by atoms with van der Waals surface area (Å²) in [5, 5.41) is 2.82. The molecule has 1 saturated heterocycles. The van der Waals surface area contributed by atoms with E-state index in [9.17, 15) is 9.00 Å². The third kappa shape index (κ3) is 3.84. The molecule has 1 aromatic heterocycles. The first kappa shape index (κ1) is 16.7. The molecule has 7 heteroatoms. The molecule has 2 heterocycles. The van der Waals surface area contributed by atoms with Crippen molar-refractivity contribution in [1.29, 1.82) is 0 Å². The molecular weight excluding hydrogens is 326 g/mol. The Bertz CT molecular complexity index is 867. The van der Waals surface area contributed by atoms with E-state index in [1.807, 2.05) is 18.2 Å². The fourth-order valence-electron chi connectivity index (χ4n) is 2.76. The second-order valence-electron chi connectivity index (χ2n) is 5.97. The van der Waals surface area contributed by atoms with E-state index in [4.69, 9.17) is 4.42 Å². The Labute approximate surface area is 141 Å². The van der Waals surface area contributed by atoms with Gasteiger partial charge in [0.05, 0.1) is 6.54 Å². The number of nitrogens with one attached hydrogen (secondary N) is 1. The number of carbonyl (C=O) groups excluding carboxylic acids is 1. The maximum absolute atomic E-state index is 12.4. The molecular formula is C17H21N3O3S. The molecule has 0 aliphatic carbocycles. The van der Waals surface area contributed by atoms with Gasteiger partial charge in [0.1, 0.15) is 5.76 Å². The lowest BCUT2D eigenvalue weighted by Gasteiger charge is -2.06. The minimum atomic E-state index is -2.02. The van der Waals surface area contributed by atoms with Crippen molar-refractivity contribution in [3.63, 3.8) is 0 Å². The smallest absolute Gasteiger partial charge is 0.277 e. The first-order chi connectivity index (χ1) is 11.5. The SMILES string of the molecule is Cc1nc(C(=O)Nc2cccc(CN=S3(=O)CCCC3)c2)c(C)o1. The molecule has 3 rings (SSSR count). The van der Waals surface area contributed by atoms with E-state index in [1.165, 1.54) is 0 Å². The third-order valence-corrected chi connectivity index (χ3v) is 6.42. The quantitative estimate of drug-likeness (QED) is 0.919. The highest BCUT2D eigenvalue weighted by atomic mass is 32.2. The molecule has 1 fully saturated rings. The summed E-state index contributed by atoms with van der Waals surface area (Å²) in [4.78, 5) is 16.4. The molecule has 24 heavy (non-hydrogen) atoms. The van der Waals surface area contributed by atoms with Crippen molar-refractivity contribution in [2.24, 2.45) is 4.36 Å². The molecule has 0 spiro atoms. The second-order valence-corrected chi connectivity index (χ2v) is 8.59. The maximum Gasteiger partial charge on any atom is 0.277 e. The lowest BCUT2D eigenvalue weighted by atomic mass is 10.2. The molecule has 1 amide bonds. The van der Waals surface area contributed by atoms with Crippen LogP contribution in [0.25, 0.3) is 0 Å². The van der Waals surface area contributed by atoms with Crippen molar-refractivity contribution in [2.45, 2.75) is 33.2 Å². The van der Waals surface area contributed by atoms with E-state index in [0.717, 1.165) is 18.4 Å². The van der Waals surface area contributed by atoms with E-state index in [1.54, 1.807) is 19.9 Å². The molecule has 2 aromatic rings. The lowest BCUT2D eigenvalue weighted by Crippen LogP contribution is -2.13. The third-order valence-electron chi connectivity index (χ3n) is 3.96. The Balaban J connectivity index is 1.72. The van der Waals surface area contributed by atoms with Gasteiger partial charge < -0.3 is 9.73 Å². The summed E-state index contributed by atoms with van der Waals surface area (Å²) in [5.74, 6) is 2.06. The van der Waals surface area contributed by atoms with Crippen molar-refractivity contribution in [3.05, 3.63) is 47.2 Å². The molecule has 0 unspecified atom stereocenters. The maximum atomic E-state index is 12.4. The molecule has 1 aliphatic heterocycles. The van der Waals surface area contributed by atoms with Gasteiger partial charge in [0, 0.05) is 33.8 Å². The first-order valence-corrected chi connectivity index (χ1v) is 9.83. The predicted molar refractivity (Wildman–Crippen MR) is 93.6 cm³/mol. The highest BCUT2D eigenvalue weighted by molar-refractivity contribution is 7.93. The zero-order chi connectivity index (χ0) is 17.2. The average Bonchev–Trinajstić information content (AvgIpc) is 3.12. The monoisotopic (exact) mass is 347 g/mol. The van der Waals surface area contributed by atoms with Gasteiger partial charge in [-0.1, -0.05) is 12.1 Å². The number of anilines is 1. The largest absolute Gasteiger partial charge is 0.445 e. The number of aryl methyl sites for hydroxylation is 2. The van der Waals surface area contributed by atoms with Gasteiger partial charge >= 0.3 is 0 Å². The molecule has 0 saturated carbocycles. The average molecular weight is 347 g/mol. The Hall–Kier alpha value is -2.15. The summed E-state index contributed by atoms with van der Waals surface area (Å²) < 4.78 is 22.1. The summed E-state index contributed by atoms with van der Waals surface area (Å²) in [6.07, 6.45) is 1.99. The van der Waals surface area contributed by atoms with Crippen LogP contribution >= 0.6 is 0 Å². The van der Waals surface area contributed by atoms with Crippen molar-refractivity contribution in [1.82, 2.24) is 4.98 Å². The number of hydrogen-bond donors (Lipinski definition) is 1. The fourth-order valence-corrected chi connectivity index (χ4v) is 4.91. The topological polar surface area (TPSA) is 84.6 Å². The Morgan fingerprint density at radius 1 is 1.33 bits per heavy atom. The second kappa shape index (κ2) is 6.76. The predicted octanol–water partition coefficient (Wildman–Crippen LogP) is 3.31. The molecule has 0 radical (unpaired) electrons. The number of carbonyl (C=O) groups is 1. The van der Waals surface area contributed by atoms with Crippen LogP contribution in [0.4, 0.5) is 5.69 Å². The van der Waals surface area contributed by atoms with E-state index in [2.05, 4.69) is 14.7 Å². The molecule has 128 valence electrons. The lowest BCUT2D eigenvalue weighted by molar-refractivity contribution is 0.102. The van der Waals surface area contributed by atoms with Gasteiger partial charge in [0.15, 0.2) is 11.6 Å². The standard InChI is InChI=1S/C17H21N3O3S/c1-12-16(19-13(2)23-12)17(21)20-15-7-5-6-14(10-15)11-18-24(22)8-3-4-9-24/h5-7,10H,3-4,8-9,11H2,1-2H3,(H,20,21). The van der Waals surface area contributed by atoms with E-state index < -0.39 is 9.73 Å². The van der Waals surface area contributed by atoms with Crippen LogP contribution in [-0.4, -0.2) is 26.6 Å². The summed E-state index contributed by atoms with van der Waals surface area (Å²) in [6.45, 7) is 3.82. The van der Waals surface area contributed by atoms with Gasteiger partial charge in [-0.3, -0.25) is 4.79 Å². The van der Waals surface area contributed by atoms with E-state index >= 15 is 0 Å². The van der Waals surface area contributed by atoms with Gasteiger partial charge in [0.25, 0.3) is 5.91 Å². The summed E-state index contributed by atoms with van der Waals surface area (Å²) in [6, 6.07) is 7.42. The van der Waals surface area contributed by atoms with Crippen molar-refractivity contribution in [2.75, 3.05) is 16.8 Å². The van der Waals surface area contributed by atoms with E-state index in [0.29, 0.717) is 35.4 Å². The van der Waals surface area contributed by atoms with Gasteiger partial charge in [-0.25, -0.2) is 13.6 Å². The van der Waals surface area contributed by atoms with Gasteiger partial charge in [-0.05, 0) is 37.5 Å². The fraction of sp³-hybridized carbons (Fsp3) is 0.412. The van der Waals surface area contributed by atoms with Crippen LogP contribution in [0.1, 0.15) is 40.5 Å². The number of aromatic nitrogens is 1. The highest BCUT2D eigenvalue weighted by Crippen LogP contribution is 2.18.